The standard InChI is InChI=1S/C24H25/c1-5-13-21(14-6-1)15-7-2-12-20-24(22-16-8-3-9-17-22)23-18-10-4-11-19-23/h1-6,8-11,13-14,16-19,24H,7,12,15,20H2. The van der Waals surface area contributed by atoms with Crippen molar-refractivity contribution >= 4 is 0 Å². The second-order valence-corrected chi connectivity index (χ2v) is 6.26. The SMILES string of the molecule is [CH](CCc1ccccc1)CCC(c1ccccc1)c1ccccc1. The van der Waals surface area contributed by atoms with Crippen molar-refractivity contribution < 1.29 is 0 Å². The van der Waals surface area contributed by atoms with Crippen molar-refractivity contribution in [3.8, 4) is 0 Å². The van der Waals surface area contributed by atoms with Gasteiger partial charge in [0.25, 0.3) is 0 Å². The molecule has 0 spiro atoms. The average Bonchev–Trinajstić information content (AvgIpc) is 2.67. The van der Waals surface area contributed by atoms with Crippen LogP contribution >= 0.6 is 0 Å². The summed E-state index contributed by atoms with van der Waals surface area (Å²) in [6.45, 7) is 0. The quantitative estimate of drug-likeness (QED) is 0.420. The van der Waals surface area contributed by atoms with Crippen LogP contribution in [0.25, 0.3) is 0 Å². The second kappa shape index (κ2) is 9.08. The summed E-state index contributed by atoms with van der Waals surface area (Å²) in [5, 5.41) is 0. The molecule has 0 bridgehead atoms. The summed E-state index contributed by atoms with van der Waals surface area (Å²) in [4.78, 5) is 0. The van der Waals surface area contributed by atoms with Crippen LogP contribution in [0.15, 0.2) is 91.0 Å². The van der Waals surface area contributed by atoms with Crippen LogP contribution in [0.1, 0.15) is 41.9 Å². The minimum absolute atomic E-state index is 0.486. The van der Waals surface area contributed by atoms with Crippen LogP contribution in [0.4, 0.5) is 0 Å². The van der Waals surface area contributed by atoms with E-state index in [1.165, 1.54) is 23.1 Å². The van der Waals surface area contributed by atoms with E-state index >= 15 is 0 Å². The summed E-state index contributed by atoms with van der Waals surface area (Å²) in [6.07, 6.45) is 7.07. The fourth-order valence-corrected chi connectivity index (χ4v) is 3.24. The lowest BCUT2D eigenvalue weighted by Crippen LogP contribution is -2.01. The van der Waals surface area contributed by atoms with Gasteiger partial charge in [-0.05, 0) is 48.8 Å². The van der Waals surface area contributed by atoms with E-state index in [0.717, 1.165) is 19.3 Å². The predicted octanol–water partition coefficient (Wildman–Crippen LogP) is 6.44. The van der Waals surface area contributed by atoms with Crippen molar-refractivity contribution in [1.82, 2.24) is 0 Å². The summed E-state index contributed by atoms with van der Waals surface area (Å²) in [7, 11) is 0. The molecule has 0 amide bonds. The highest BCUT2D eigenvalue weighted by atomic mass is 14.2. The molecule has 24 heavy (non-hydrogen) atoms. The zero-order valence-electron chi connectivity index (χ0n) is 14.1. The van der Waals surface area contributed by atoms with E-state index < -0.39 is 0 Å². The van der Waals surface area contributed by atoms with Gasteiger partial charge in [0.1, 0.15) is 0 Å². The molecule has 0 fully saturated rings. The average molecular weight is 313 g/mol. The molecule has 0 heterocycles. The minimum Gasteiger partial charge on any atom is -0.0622 e. The zero-order chi connectivity index (χ0) is 16.5. The molecule has 0 aliphatic heterocycles. The molecule has 0 aliphatic carbocycles. The van der Waals surface area contributed by atoms with Gasteiger partial charge in [0.15, 0.2) is 0 Å². The van der Waals surface area contributed by atoms with Crippen molar-refractivity contribution in [3.05, 3.63) is 114 Å². The Morgan fingerprint density at radius 2 is 1.08 bits per heavy atom. The van der Waals surface area contributed by atoms with Crippen LogP contribution in [0.2, 0.25) is 0 Å². The van der Waals surface area contributed by atoms with Gasteiger partial charge in [-0.1, -0.05) is 91.0 Å². The number of rotatable bonds is 8. The molecular weight excluding hydrogens is 288 g/mol. The van der Waals surface area contributed by atoms with E-state index in [2.05, 4.69) is 97.4 Å². The Kier molecular flexibility index (Phi) is 6.25. The number of hydrogen-bond acceptors (Lipinski definition) is 0. The Bertz CT molecular complexity index is 646. The van der Waals surface area contributed by atoms with E-state index in [0.29, 0.717) is 5.92 Å². The summed E-state index contributed by atoms with van der Waals surface area (Å²) >= 11 is 0. The molecule has 121 valence electrons. The van der Waals surface area contributed by atoms with Gasteiger partial charge in [0.05, 0.1) is 0 Å². The lowest BCUT2D eigenvalue weighted by atomic mass is 9.87. The zero-order valence-corrected chi connectivity index (χ0v) is 14.1. The van der Waals surface area contributed by atoms with Crippen LogP contribution < -0.4 is 0 Å². The fraction of sp³-hybridized carbons (Fsp3) is 0.208. The Labute approximate surface area is 146 Å². The molecule has 0 heteroatoms. The first-order valence-electron chi connectivity index (χ1n) is 8.89. The van der Waals surface area contributed by atoms with Crippen molar-refractivity contribution in [1.29, 1.82) is 0 Å². The van der Waals surface area contributed by atoms with Crippen molar-refractivity contribution in [2.24, 2.45) is 0 Å². The predicted molar refractivity (Wildman–Crippen MR) is 103 cm³/mol. The van der Waals surface area contributed by atoms with Crippen LogP contribution in [-0.2, 0) is 6.42 Å². The van der Waals surface area contributed by atoms with Gasteiger partial charge in [0, 0.05) is 5.92 Å². The van der Waals surface area contributed by atoms with Crippen LogP contribution in [0.3, 0.4) is 0 Å². The Morgan fingerprint density at radius 3 is 1.62 bits per heavy atom. The number of benzene rings is 3. The molecular formula is C24H25. The van der Waals surface area contributed by atoms with Gasteiger partial charge in [-0.2, -0.15) is 0 Å². The summed E-state index contributed by atoms with van der Waals surface area (Å²) < 4.78 is 0. The Hall–Kier alpha value is -2.34. The highest BCUT2D eigenvalue weighted by Crippen LogP contribution is 2.29. The molecule has 3 aromatic rings. The molecule has 0 aromatic heterocycles. The third kappa shape index (κ3) is 4.83. The van der Waals surface area contributed by atoms with E-state index in [9.17, 15) is 0 Å². The molecule has 0 saturated heterocycles. The van der Waals surface area contributed by atoms with Gasteiger partial charge >= 0.3 is 0 Å². The first-order chi connectivity index (χ1) is 11.9. The molecule has 1 radical (unpaired) electrons. The molecule has 0 N–H and O–H groups in total. The van der Waals surface area contributed by atoms with Gasteiger partial charge in [0.2, 0.25) is 0 Å². The van der Waals surface area contributed by atoms with Gasteiger partial charge in [-0.15, -0.1) is 0 Å². The monoisotopic (exact) mass is 313 g/mol. The first-order valence-corrected chi connectivity index (χ1v) is 8.89. The fourth-order valence-electron chi connectivity index (χ4n) is 3.24. The van der Waals surface area contributed by atoms with Crippen LogP contribution in [0, 0.1) is 6.42 Å². The largest absolute Gasteiger partial charge is 0.0622 e. The van der Waals surface area contributed by atoms with Crippen molar-refractivity contribution in [2.75, 3.05) is 0 Å². The van der Waals surface area contributed by atoms with E-state index in [1.807, 2.05) is 0 Å². The van der Waals surface area contributed by atoms with E-state index in [1.54, 1.807) is 0 Å². The number of hydrogen-bond donors (Lipinski definition) is 0. The maximum Gasteiger partial charge on any atom is 0.00894 e. The molecule has 0 unspecified atom stereocenters. The summed E-state index contributed by atoms with van der Waals surface area (Å²) in [5.74, 6) is 0.486. The first kappa shape index (κ1) is 16.5. The molecule has 0 saturated carbocycles. The Morgan fingerprint density at radius 1 is 0.583 bits per heavy atom. The smallest absolute Gasteiger partial charge is 0.00894 e. The third-order valence-electron chi connectivity index (χ3n) is 4.54. The molecule has 0 atom stereocenters. The maximum atomic E-state index is 2.45. The number of aryl methyl sites for hydroxylation is 1. The Balaban J connectivity index is 1.55. The van der Waals surface area contributed by atoms with E-state index in [4.69, 9.17) is 0 Å². The van der Waals surface area contributed by atoms with E-state index in [-0.39, 0.29) is 0 Å². The van der Waals surface area contributed by atoms with Crippen LogP contribution in [0.5, 0.6) is 0 Å². The number of unbranched alkanes of at least 4 members (excludes halogenated alkanes) is 2. The van der Waals surface area contributed by atoms with Gasteiger partial charge in [-0.25, -0.2) is 0 Å². The minimum atomic E-state index is 0.486. The second-order valence-electron chi connectivity index (χ2n) is 6.26. The van der Waals surface area contributed by atoms with Gasteiger partial charge in [-0.3, -0.25) is 0 Å². The maximum absolute atomic E-state index is 2.45. The highest BCUT2D eigenvalue weighted by molar-refractivity contribution is 5.32. The molecule has 3 aromatic carbocycles. The highest BCUT2D eigenvalue weighted by Gasteiger charge is 2.13. The molecule has 0 aliphatic rings. The lowest BCUT2D eigenvalue weighted by Gasteiger charge is -2.18. The summed E-state index contributed by atoms with van der Waals surface area (Å²) in [5.41, 5.74) is 4.26. The normalized spacial score (nSPS) is 10.9. The molecule has 3 rings (SSSR count). The van der Waals surface area contributed by atoms with Gasteiger partial charge < -0.3 is 0 Å². The lowest BCUT2D eigenvalue weighted by molar-refractivity contribution is 0.686. The molecule has 0 nitrogen and oxygen atoms in total. The van der Waals surface area contributed by atoms with Crippen LogP contribution in [-0.4, -0.2) is 0 Å². The topological polar surface area (TPSA) is 0 Å². The van der Waals surface area contributed by atoms with Crippen molar-refractivity contribution in [2.45, 2.75) is 31.6 Å². The van der Waals surface area contributed by atoms with Crippen molar-refractivity contribution in [3.63, 3.8) is 0 Å². The summed E-state index contributed by atoms with van der Waals surface area (Å²) in [6, 6.07) is 32.5. The third-order valence-corrected chi connectivity index (χ3v) is 4.54.